The molecule has 2 aliphatic rings. The number of amides is 3. The Morgan fingerprint density at radius 1 is 1.09 bits per heavy atom. The van der Waals surface area contributed by atoms with Crippen LogP contribution in [0.25, 0.3) is 0 Å². The summed E-state index contributed by atoms with van der Waals surface area (Å²) in [6.45, 7) is 0. The van der Waals surface area contributed by atoms with Gasteiger partial charge in [0.25, 0.3) is 11.8 Å². The minimum atomic E-state index is -0.847. The van der Waals surface area contributed by atoms with Gasteiger partial charge in [0.15, 0.2) is 5.69 Å². The van der Waals surface area contributed by atoms with Crippen molar-refractivity contribution in [1.82, 2.24) is 14.6 Å². The highest BCUT2D eigenvalue weighted by Crippen LogP contribution is 2.36. The SMILES string of the molecule is COc1ccc(C(C(=O)NC2CCCC2)N(C(=O)c2snc(C(N)=O)c2N)C2CCCC2)cc1. The van der Waals surface area contributed by atoms with Gasteiger partial charge >= 0.3 is 0 Å². The monoisotopic (exact) mass is 485 g/mol. The van der Waals surface area contributed by atoms with Crippen LogP contribution in [0.4, 0.5) is 5.69 Å². The number of hydrogen-bond donors (Lipinski definition) is 3. The van der Waals surface area contributed by atoms with E-state index in [1.165, 1.54) is 0 Å². The van der Waals surface area contributed by atoms with E-state index in [1.54, 1.807) is 24.1 Å². The van der Waals surface area contributed by atoms with Crippen LogP contribution in [-0.2, 0) is 4.79 Å². The Labute approximate surface area is 203 Å². The van der Waals surface area contributed by atoms with E-state index < -0.39 is 17.9 Å². The summed E-state index contributed by atoms with van der Waals surface area (Å²) in [6, 6.07) is 6.33. The second kappa shape index (κ2) is 10.4. The van der Waals surface area contributed by atoms with Crippen molar-refractivity contribution in [3.8, 4) is 5.75 Å². The van der Waals surface area contributed by atoms with E-state index in [0.29, 0.717) is 11.3 Å². The van der Waals surface area contributed by atoms with E-state index in [4.69, 9.17) is 16.2 Å². The van der Waals surface area contributed by atoms with Crippen molar-refractivity contribution in [3.63, 3.8) is 0 Å². The third-order valence-electron chi connectivity index (χ3n) is 6.77. The number of nitrogens with one attached hydrogen (secondary N) is 1. The van der Waals surface area contributed by atoms with Crippen LogP contribution in [0, 0.1) is 0 Å². The van der Waals surface area contributed by atoms with Crippen molar-refractivity contribution in [2.24, 2.45) is 5.73 Å². The lowest BCUT2D eigenvalue weighted by atomic mass is 9.99. The number of carbonyl (C=O) groups excluding carboxylic acids is 3. The van der Waals surface area contributed by atoms with Gasteiger partial charge in [-0.25, -0.2) is 0 Å². The molecule has 2 fully saturated rings. The van der Waals surface area contributed by atoms with Gasteiger partial charge in [-0.15, -0.1) is 0 Å². The van der Waals surface area contributed by atoms with Crippen molar-refractivity contribution in [2.75, 3.05) is 12.8 Å². The molecule has 2 saturated carbocycles. The minimum Gasteiger partial charge on any atom is -0.497 e. The van der Waals surface area contributed by atoms with Crippen molar-refractivity contribution in [3.05, 3.63) is 40.4 Å². The lowest BCUT2D eigenvalue weighted by Gasteiger charge is -2.36. The molecular weight excluding hydrogens is 454 g/mol. The fraction of sp³-hybridized carbons (Fsp3) is 0.500. The zero-order valence-electron chi connectivity index (χ0n) is 19.3. The molecule has 9 nitrogen and oxygen atoms in total. The summed E-state index contributed by atoms with van der Waals surface area (Å²) < 4.78 is 9.29. The zero-order valence-corrected chi connectivity index (χ0v) is 20.1. The Morgan fingerprint density at radius 3 is 2.26 bits per heavy atom. The summed E-state index contributed by atoms with van der Waals surface area (Å²) in [5.74, 6) is -0.742. The number of nitrogens with zero attached hydrogens (tertiary/aromatic N) is 2. The number of benzene rings is 1. The van der Waals surface area contributed by atoms with E-state index in [2.05, 4.69) is 9.69 Å². The first kappa shape index (κ1) is 24.0. The second-order valence-corrected chi connectivity index (χ2v) is 9.73. The van der Waals surface area contributed by atoms with Gasteiger partial charge in [0, 0.05) is 12.1 Å². The average Bonchev–Trinajstić information content (AvgIpc) is 3.59. The summed E-state index contributed by atoms with van der Waals surface area (Å²) >= 11 is 0.844. The molecule has 0 bridgehead atoms. The topological polar surface area (TPSA) is 141 Å². The first-order valence-corrected chi connectivity index (χ1v) is 12.5. The fourth-order valence-electron chi connectivity index (χ4n) is 5.00. The first-order chi connectivity index (χ1) is 16.4. The number of carbonyl (C=O) groups is 3. The third-order valence-corrected chi connectivity index (χ3v) is 7.62. The van der Waals surface area contributed by atoms with Gasteiger partial charge in [0.2, 0.25) is 5.91 Å². The molecule has 1 aromatic carbocycles. The van der Waals surface area contributed by atoms with Crippen molar-refractivity contribution in [1.29, 1.82) is 0 Å². The van der Waals surface area contributed by atoms with Crippen LogP contribution in [0.1, 0.15) is 83.1 Å². The Hall–Kier alpha value is -3.14. The van der Waals surface area contributed by atoms with E-state index in [9.17, 15) is 14.4 Å². The second-order valence-electron chi connectivity index (χ2n) is 8.95. The largest absolute Gasteiger partial charge is 0.497 e. The highest BCUT2D eigenvalue weighted by atomic mass is 32.1. The van der Waals surface area contributed by atoms with E-state index in [1.807, 2.05) is 12.1 Å². The molecule has 0 radical (unpaired) electrons. The van der Waals surface area contributed by atoms with Crippen LogP contribution >= 0.6 is 11.5 Å². The first-order valence-electron chi connectivity index (χ1n) is 11.7. The number of nitrogens with two attached hydrogens (primary N) is 2. The van der Waals surface area contributed by atoms with Gasteiger partial charge in [-0.3, -0.25) is 14.4 Å². The summed E-state index contributed by atoms with van der Waals surface area (Å²) in [7, 11) is 1.58. The van der Waals surface area contributed by atoms with E-state index in [0.717, 1.165) is 62.9 Å². The zero-order chi connectivity index (χ0) is 24.2. The number of ether oxygens (including phenoxy) is 1. The molecule has 34 heavy (non-hydrogen) atoms. The van der Waals surface area contributed by atoms with Crippen LogP contribution in [0.3, 0.4) is 0 Å². The maximum atomic E-state index is 13.9. The molecule has 0 spiro atoms. The highest BCUT2D eigenvalue weighted by Gasteiger charge is 2.40. The van der Waals surface area contributed by atoms with Crippen molar-refractivity contribution < 1.29 is 19.1 Å². The van der Waals surface area contributed by atoms with Gasteiger partial charge in [0.05, 0.1) is 12.8 Å². The summed E-state index contributed by atoms with van der Waals surface area (Å²) in [6.07, 6.45) is 7.54. The number of nitrogen functional groups attached to an aromatic ring is 1. The van der Waals surface area contributed by atoms with E-state index >= 15 is 0 Å². The Morgan fingerprint density at radius 2 is 1.71 bits per heavy atom. The molecule has 0 saturated heterocycles. The molecule has 2 aliphatic carbocycles. The van der Waals surface area contributed by atoms with Crippen LogP contribution in [0.2, 0.25) is 0 Å². The Balaban J connectivity index is 1.76. The van der Waals surface area contributed by atoms with Crippen LogP contribution in [-0.4, -0.2) is 46.2 Å². The van der Waals surface area contributed by atoms with Crippen LogP contribution in [0.5, 0.6) is 5.75 Å². The van der Waals surface area contributed by atoms with Crippen molar-refractivity contribution >= 4 is 34.9 Å². The predicted molar refractivity (Wildman–Crippen MR) is 130 cm³/mol. The minimum absolute atomic E-state index is 0.0322. The van der Waals surface area contributed by atoms with E-state index in [-0.39, 0.29) is 34.2 Å². The molecule has 1 atom stereocenters. The third kappa shape index (κ3) is 4.86. The molecule has 0 aliphatic heterocycles. The Kier molecular flexibility index (Phi) is 7.35. The summed E-state index contributed by atoms with van der Waals surface area (Å²) in [5.41, 5.74) is 12.0. The van der Waals surface area contributed by atoms with Crippen LogP contribution < -0.4 is 21.5 Å². The maximum Gasteiger partial charge on any atom is 0.270 e. The summed E-state index contributed by atoms with van der Waals surface area (Å²) in [4.78, 5) is 41.1. The number of methoxy groups -OCH3 is 1. The van der Waals surface area contributed by atoms with Gasteiger partial charge in [-0.05, 0) is 54.9 Å². The standard InChI is InChI=1S/C24H31N5O4S/c1-33-17-12-10-14(11-13-17)20(23(31)27-15-6-2-3-7-15)29(16-8-4-5-9-16)24(32)21-18(25)19(22(26)30)28-34-21/h10-13,15-16,20H,2-9,25H2,1H3,(H2,26,30)(H,27,31). The normalized spacial score (nSPS) is 17.4. The van der Waals surface area contributed by atoms with Crippen LogP contribution in [0.15, 0.2) is 24.3 Å². The molecular formula is C24H31N5O4S. The summed E-state index contributed by atoms with van der Waals surface area (Å²) in [5, 5.41) is 3.17. The number of anilines is 1. The molecule has 10 heteroatoms. The Bertz CT molecular complexity index is 1040. The predicted octanol–water partition coefficient (Wildman–Crippen LogP) is 3.02. The maximum absolute atomic E-state index is 13.9. The van der Waals surface area contributed by atoms with Gasteiger partial charge < -0.3 is 26.4 Å². The molecule has 5 N–H and O–H groups in total. The smallest absolute Gasteiger partial charge is 0.270 e. The molecule has 4 rings (SSSR count). The fourth-order valence-corrected chi connectivity index (χ4v) is 5.75. The number of rotatable bonds is 8. The van der Waals surface area contributed by atoms with Crippen molar-refractivity contribution in [2.45, 2.75) is 69.5 Å². The molecule has 1 unspecified atom stereocenters. The number of primary amides is 1. The highest BCUT2D eigenvalue weighted by molar-refractivity contribution is 7.09. The van der Waals surface area contributed by atoms with Gasteiger partial charge in [-0.1, -0.05) is 37.8 Å². The molecule has 2 aromatic rings. The lowest BCUT2D eigenvalue weighted by Crippen LogP contribution is -2.49. The lowest BCUT2D eigenvalue weighted by molar-refractivity contribution is -0.127. The number of aromatic nitrogens is 1. The average molecular weight is 486 g/mol. The number of hydrogen-bond acceptors (Lipinski definition) is 7. The van der Waals surface area contributed by atoms with Gasteiger partial charge in [-0.2, -0.15) is 4.37 Å². The molecule has 182 valence electrons. The molecule has 1 heterocycles. The quantitative estimate of drug-likeness (QED) is 0.525. The molecule has 3 amide bonds. The van der Waals surface area contributed by atoms with Gasteiger partial charge in [0.1, 0.15) is 16.7 Å². The molecule has 1 aromatic heterocycles.